The largest absolute Gasteiger partial charge is 0.504 e. The van der Waals surface area contributed by atoms with Gasteiger partial charge in [0, 0.05) is 5.56 Å². The molecule has 0 saturated carbocycles. The van der Waals surface area contributed by atoms with Crippen LogP contribution in [-0.2, 0) is 0 Å². The summed E-state index contributed by atoms with van der Waals surface area (Å²) in [6.45, 7) is 1.51. The van der Waals surface area contributed by atoms with E-state index in [4.69, 9.17) is 14.2 Å². The molecule has 0 aliphatic carbocycles. The summed E-state index contributed by atoms with van der Waals surface area (Å²) in [7, 11) is 1.47. The summed E-state index contributed by atoms with van der Waals surface area (Å²) in [6, 6.07) is 10.4. The third-order valence-electron chi connectivity index (χ3n) is 4.29. The van der Waals surface area contributed by atoms with Crippen LogP contribution in [0, 0.1) is 0 Å². The average molecular weight is 472 g/mol. The highest BCUT2D eigenvalue weighted by Crippen LogP contribution is 2.43. The van der Waals surface area contributed by atoms with E-state index < -0.39 is 18.3 Å². The second-order valence-corrected chi connectivity index (χ2v) is 7.50. The molecule has 0 unspecified atom stereocenters. The number of rotatable bonds is 5. The van der Waals surface area contributed by atoms with Gasteiger partial charge in [-0.25, -0.2) is 0 Å². The molecule has 6 nitrogen and oxygen atoms in total. The van der Waals surface area contributed by atoms with Crippen LogP contribution in [0.2, 0.25) is 0 Å². The lowest BCUT2D eigenvalue weighted by Crippen LogP contribution is -2.36. The standard InChI is InChI=1S/C19H21IO6/c1-10(22)18(20)11-4-6-14-16(7-11)26-19(17(9-21)25-14)12-3-5-13(23)15(8-12)24-2/h3-8,10,17-19,21-23H,9H2,1-2H3/t10-,17+,18-,19+/m0/s1. The molecule has 0 amide bonds. The maximum Gasteiger partial charge on any atom is 0.163 e. The van der Waals surface area contributed by atoms with E-state index in [2.05, 4.69) is 22.6 Å². The van der Waals surface area contributed by atoms with Crippen molar-refractivity contribution in [2.24, 2.45) is 0 Å². The Labute approximate surface area is 165 Å². The number of methoxy groups -OCH3 is 1. The highest BCUT2D eigenvalue weighted by molar-refractivity contribution is 14.1. The van der Waals surface area contributed by atoms with E-state index in [-0.39, 0.29) is 16.3 Å². The lowest BCUT2D eigenvalue weighted by Gasteiger charge is -2.34. The van der Waals surface area contributed by atoms with Gasteiger partial charge in [-0.3, -0.25) is 0 Å². The van der Waals surface area contributed by atoms with Crippen molar-refractivity contribution in [1.82, 2.24) is 0 Å². The molecule has 3 N–H and O–H groups in total. The number of aliphatic hydroxyl groups excluding tert-OH is 2. The molecule has 1 heterocycles. The second kappa shape index (κ2) is 7.89. The molecule has 0 bridgehead atoms. The van der Waals surface area contributed by atoms with Crippen LogP contribution in [0.1, 0.15) is 28.1 Å². The van der Waals surface area contributed by atoms with Gasteiger partial charge in [0.05, 0.1) is 23.7 Å². The number of benzene rings is 2. The van der Waals surface area contributed by atoms with Crippen molar-refractivity contribution in [2.75, 3.05) is 13.7 Å². The SMILES string of the molecule is COc1cc([C@H]2Oc3cc([C@@H](I)[C@H](C)O)ccc3O[C@@H]2CO)ccc1O. The summed E-state index contributed by atoms with van der Waals surface area (Å²) in [5, 5.41) is 29.3. The molecule has 4 atom stereocenters. The molecule has 3 rings (SSSR count). The topological polar surface area (TPSA) is 88.4 Å². The first-order valence-corrected chi connectivity index (χ1v) is 9.46. The first-order chi connectivity index (χ1) is 12.4. The first-order valence-electron chi connectivity index (χ1n) is 8.21. The van der Waals surface area contributed by atoms with Crippen LogP contribution in [0.5, 0.6) is 23.0 Å². The maximum absolute atomic E-state index is 9.82. The fourth-order valence-corrected chi connectivity index (χ4v) is 3.28. The molecule has 140 valence electrons. The van der Waals surface area contributed by atoms with Crippen LogP contribution < -0.4 is 14.2 Å². The Kier molecular flexibility index (Phi) is 5.79. The van der Waals surface area contributed by atoms with E-state index in [0.717, 1.165) is 11.1 Å². The van der Waals surface area contributed by atoms with Gasteiger partial charge in [-0.2, -0.15) is 0 Å². The number of halogens is 1. The summed E-state index contributed by atoms with van der Waals surface area (Å²) >= 11 is 2.18. The number of phenolic OH excluding ortho intramolecular Hbond substituents is 1. The third kappa shape index (κ3) is 3.70. The zero-order valence-electron chi connectivity index (χ0n) is 14.4. The van der Waals surface area contributed by atoms with Crippen molar-refractivity contribution in [3.63, 3.8) is 0 Å². The zero-order chi connectivity index (χ0) is 18.8. The molecule has 0 aromatic heterocycles. The molecule has 0 radical (unpaired) electrons. The van der Waals surface area contributed by atoms with E-state index in [0.29, 0.717) is 17.2 Å². The molecule has 1 aliphatic rings. The van der Waals surface area contributed by atoms with Crippen LogP contribution in [-0.4, -0.2) is 41.2 Å². The van der Waals surface area contributed by atoms with E-state index >= 15 is 0 Å². The van der Waals surface area contributed by atoms with Crippen LogP contribution in [0.3, 0.4) is 0 Å². The van der Waals surface area contributed by atoms with Crippen molar-refractivity contribution in [3.8, 4) is 23.0 Å². The van der Waals surface area contributed by atoms with Crippen LogP contribution in [0.15, 0.2) is 36.4 Å². The fourth-order valence-electron chi connectivity index (χ4n) is 2.89. The van der Waals surface area contributed by atoms with Crippen LogP contribution in [0.4, 0.5) is 0 Å². The number of hydrogen-bond acceptors (Lipinski definition) is 6. The summed E-state index contributed by atoms with van der Waals surface area (Å²) in [5.74, 6) is 1.44. The van der Waals surface area contributed by atoms with E-state index in [1.54, 1.807) is 25.1 Å². The summed E-state index contributed by atoms with van der Waals surface area (Å²) in [6.07, 6.45) is -1.65. The summed E-state index contributed by atoms with van der Waals surface area (Å²) in [4.78, 5) is 0. The molecule has 0 fully saturated rings. The molecular formula is C19H21IO6. The Morgan fingerprint density at radius 1 is 1.15 bits per heavy atom. The van der Waals surface area contributed by atoms with Gasteiger partial charge in [0.2, 0.25) is 0 Å². The van der Waals surface area contributed by atoms with Crippen molar-refractivity contribution < 1.29 is 29.5 Å². The molecule has 0 spiro atoms. The van der Waals surface area contributed by atoms with Gasteiger partial charge in [0.15, 0.2) is 35.2 Å². The minimum atomic E-state index is -0.588. The molecule has 7 heteroatoms. The van der Waals surface area contributed by atoms with Gasteiger partial charge in [-0.1, -0.05) is 34.7 Å². The first kappa shape index (κ1) is 19.1. The highest BCUT2D eigenvalue weighted by Gasteiger charge is 2.33. The lowest BCUT2D eigenvalue weighted by molar-refractivity contribution is -0.0124. The summed E-state index contributed by atoms with van der Waals surface area (Å²) < 4.78 is 17.1. The Morgan fingerprint density at radius 2 is 1.92 bits per heavy atom. The van der Waals surface area contributed by atoms with Crippen molar-refractivity contribution in [1.29, 1.82) is 0 Å². The van der Waals surface area contributed by atoms with Crippen molar-refractivity contribution >= 4 is 22.6 Å². The van der Waals surface area contributed by atoms with Gasteiger partial charge < -0.3 is 29.5 Å². The van der Waals surface area contributed by atoms with E-state index in [1.165, 1.54) is 13.2 Å². The van der Waals surface area contributed by atoms with Gasteiger partial charge >= 0.3 is 0 Å². The number of hydrogen-bond donors (Lipinski definition) is 3. The number of fused-ring (bicyclic) bond motifs is 1. The molecule has 1 aliphatic heterocycles. The number of aromatic hydroxyl groups is 1. The Morgan fingerprint density at radius 3 is 2.58 bits per heavy atom. The van der Waals surface area contributed by atoms with Crippen molar-refractivity contribution in [2.45, 2.75) is 29.2 Å². The van der Waals surface area contributed by atoms with Crippen molar-refractivity contribution in [3.05, 3.63) is 47.5 Å². The quantitative estimate of drug-likeness (QED) is 0.458. The Balaban J connectivity index is 1.95. The predicted molar refractivity (Wildman–Crippen MR) is 104 cm³/mol. The molecule has 26 heavy (non-hydrogen) atoms. The molecule has 0 saturated heterocycles. The highest BCUT2D eigenvalue weighted by atomic mass is 127. The molecule has 2 aromatic carbocycles. The smallest absolute Gasteiger partial charge is 0.163 e. The van der Waals surface area contributed by atoms with Gasteiger partial charge in [0.1, 0.15) is 0 Å². The van der Waals surface area contributed by atoms with Crippen LogP contribution in [0.25, 0.3) is 0 Å². The van der Waals surface area contributed by atoms with E-state index in [1.807, 2.05) is 12.1 Å². The Bertz CT molecular complexity index is 779. The second-order valence-electron chi connectivity index (χ2n) is 6.16. The molecular weight excluding hydrogens is 451 g/mol. The minimum Gasteiger partial charge on any atom is -0.504 e. The van der Waals surface area contributed by atoms with Crippen LogP contribution >= 0.6 is 22.6 Å². The fraction of sp³-hybridized carbons (Fsp3) is 0.368. The van der Waals surface area contributed by atoms with Gasteiger partial charge in [0.25, 0.3) is 0 Å². The maximum atomic E-state index is 9.82. The molecule has 2 aromatic rings. The van der Waals surface area contributed by atoms with Gasteiger partial charge in [-0.15, -0.1) is 0 Å². The third-order valence-corrected chi connectivity index (χ3v) is 6.05. The number of alkyl halides is 1. The minimum absolute atomic E-state index is 0.0286. The van der Waals surface area contributed by atoms with E-state index in [9.17, 15) is 15.3 Å². The zero-order valence-corrected chi connectivity index (χ0v) is 16.6. The average Bonchev–Trinajstić information content (AvgIpc) is 2.66. The number of phenols is 1. The lowest BCUT2D eigenvalue weighted by atomic mass is 10.0. The Hall–Kier alpha value is -1.71. The monoisotopic (exact) mass is 472 g/mol. The normalized spacial score (nSPS) is 21.1. The van der Waals surface area contributed by atoms with Gasteiger partial charge in [-0.05, 0) is 36.8 Å². The predicted octanol–water partition coefficient (Wildman–Crippen LogP) is 3.13. The number of aliphatic hydroxyl groups is 2. The number of ether oxygens (including phenoxy) is 3. The summed E-state index contributed by atoms with van der Waals surface area (Å²) in [5.41, 5.74) is 1.64.